The third-order valence-corrected chi connectivity index (χ3v) is 2.95. The zero-order chi connectivity index (χ0) is 12.3. The first-order valence-corrected chi connectivity index (χ1v) is 5.30. The molecule has 0 saturated carbocycles. The number of nitrogens with zero attached hydrogens (tertiary/aromatic N) is 2. The van der Waals surface area contributed by atoms with Crippen molar-refractivity contribution in [2.45, 2.75) is 18.4 Å². The highest BCUT2D eigenvalue weighted by molar-refractivity contribution is 5.79. The third-order valence-electron chi connectivity index (χ3n) is 2.95. The molecule has 1 aliphatic heterocycles. The lowest BCUT2D eigenvalue weighted by atomic mass is 10.0. The van der Waals surface area contributed by atoms with Crippen LogP contribution >= 0.6 is 0 Å². The van der Waals surface area contributed by atoms with Crippen molar-refractivity contribution in [3.05, 3.63) is 0 Å². The minimum atomic E-state index is -1.14. The Labute approximate surface area is 95.0 Å². The molecule has 1 amide bonds. The SMILES string of the molecule is CN(C)C(=O)CCN1CCC(N)(C(=O)O)C1. The number of nitrogens with two attached hydrogens (primary N) is 1. The van der Waals surface area contributed by atoms with Gasteiger partial charge in [-0.3, -0.25) is 9.59 Å². The first-order chi connectivity index (χ1) is 7.35. The lowest BCUT2D eigenvalue weighted by Gasteiger charge is -2.20. The van der Waals surface area contributed by atoms with E-state index in [1.54, 1.807) is 14.1 Å². The highest BCUT2D eigenvalue weighted by Crippen LogP contribution is 2.18. The molecule has 0 aromatic heterocycles. The Morgan fingerprint density at radius 1 is 1.50 bits per heavy atom. The van der Waals surface area contributed by atoms with E-state index in [1.807, 2.05) is 4.90 Å². The van der Waals surface area contributed by atoms with Crippen LogP contribution in [0, 0.1) is 0 Å². The maximum Gasteiger partial charge on any atom is 0.325 e. The first-order valence-electron chi connectivity index (χ1n) is 5.30. The third kappa shape index (κ3) is 2.93. The van der Waals surface area contributed by atoms with E-state index in [0.29, 0.717) is 32.5 Å². The predicted molar refractivity (Wildman–Crippen MR) is 58.9 cm³/mol. The van der Waals surface area contributed by atoms with Gasteiger partial charge in [-0.1, -0.05) is 0 Å². The van der Waals surface area contributed by atoms with Crippen molar-refractivity contribution in [1.29, 1.82) is 0 Å². The smallest absolute Gasteiger partial charge is 0.325 e. The standard InChI is InChI=1S/C10H19N3O3/c1-12(2)8(14)3-5-13-6-4-10(11,7-13)9(15)16/h3-7,11H2,1-2H3,(H,15,16). The van der Waals surface area contributed by atoms with E-state index in [1.165, 1.54) is 4.90 Å². The minimum absolute atomic E-state index is 0.0462. The van der Waals surface area contributed by atoms with Gasteiger partial charge in [0.15, 0.2) is 0 Å². The Balaban J connectivity index is 2.38. The van der Waals surface area contributed by atoms with Crippen molar-refractivity contribution in [1.82, 2.24) is 9.80 Å². The number of carbonyl (C=O) groups is 2. The summed E-state index contributed by atoms with van der Waals surface area (Å²) in [6, 6.07) is 0. The summed E-state index contributed by atoms with van der Waals surface area (Å²) < 4.78 is 0. The zero-order valence-electron chi connectivity index (χ0n) is 9.77. The van der Waals surface area contributed by atoms with Crippen LogP contribution in [0.1, 0.15) is 12.8 Å². The average Bonchev–Trinajstić information content (AvgIpc) is 2.58. The summed E-state index contributed by atoms with van der Waals surface area (Å²) in [4.78, 5) is 25.7. The Kier molecular flexibility index (Phi) is 3.88. The Bertz CT molecular complexity index is 293. The number of carboxylic acid groups (broad SMARTS) is 1. The van der Waals surface area contributed by atoms with E-state index in [0.717, 1.165) is 0 Å². The summed E-state index contributed by atoms with van der Waals surface area (Å²) in [5.41, 5.74) is 4.58. The van der Waals surface area contributed by atoms with Crippen molar-refractivity contribution in [3.63, 3.8) is 0 Å². The normalized spacial score (nSPS) is 25.7. The molecule has 0 aromatic carbocycles. The molecule has 6 nitrogen and oxygen atoms in total. The lowest BCUT2D eigenvalue weighted by molar-refractivity contribution is -0.142. The van der Waals surface area contributed by atoms with Crippen LogP contribution in [0.5, 0.6) is 0 Å². The maximum absolute atomic E-state index is 11.3. The molecule has 1 aliphatic rings. The highest BCUT2D eigenvalue weighted by Gasteiger charge is 2.40. The average molecular weight is 229 g/mol. The number of carbonyl (C=O) groups excluding carboxylic acids is 1. The Hall–Kier alpha value is -1.14. The van der Waals surface area contributed by atoms with Gasteiger partial charge in [0, 0.05) is 40.2 Å². The van der Waals surface area contributed by atoms with E-state index >= 15 is 0 Å². The number of carboxylic acids is 1. The largest absolute Gasteiger partial charge is 0.480 e. The molecule has 1 unspecified atom stereocenters. The number of likely N-dealkylation sites (tertiary alicyclic amines) is 1. The number of hydrogen-bond donors (Lipinski definition) is 2. The summed E-state index contributed by atoms with van der Waals surface area (Å²) in [7, 11) is 3.41. The molecule has 1 heterocycles. The van der Waals surface area contributed by atoms with Crippen LogP contribution in [-0.4, -0.2) is 66.1 Å². The molecule has 0 aliphatic carbocycles. The van der Waals surface area contributed by atoms with E-state index < -0.39 is 11.5 Å². The second-order valence-corrected chi connectivity index (χ2v) is 4.53. The fourth-order valence-electron chi connectivity index (χ4n) is 1.76. The summed E-state index contributed by atoms with van der Waals surface area (Å²) in [5, 5.41) is 8.93. The quantitative estimate of drug-likeness (QED) is 0.642. The lowest BCUT2D eigenvalue weighted by Crippen LogP contribution is -2.50. The molecule has 1 rings (SSSR count). The molecule has 6 heteroatoms. The van der Waals surface area contributed by atoms with Gasteiger partial charge >= 0.3 is 5.97 Å². The van der Waals surface area contributed by atoms with Crippen LogP contribution in [-0.2, 0) is 9.59 Å². The van der Waals surface area contributed by atoms with Crippen LogP contribution in [0.4, 0.5) is 0 Å². The van der Waals surface area contributed by atoms with Gasteiger partial charge in [-0.25, -0.2) is 0 Å². The molecular weight excluding hydrogens is 210 g/mol. The summed E-state index contributed by atoms with van der Waals surface area (Å²) in [6.45, 7) is 1.54. The number of rotatable bonds is 4. The fourth-order valence-corrected chi connectivity index (χ4v) is 1.76. The first kappa shape index (κ1) is 12.9. The van der Waals surface area contributed by atoms with E-state index in [-0.39, 0.29) is 5.91 Å². The van der Waals surface area contributed by atoms with E-state index in [4.69, 9.17) is 10.8 Å². The molecule has 0 radical (unpaired) electrons. The topological polar surface area (TPSA) is 86.9 Å². The number of amides is 1. The summed E-state index contributed by atoms with van der Waals surface area (Å²) in [6.07, 6.45) is 0.848. The van der Waals surface area contributed by atoms with Gasteiger partial charge in [0.05, 0.1) is 0 Å². The van der Waals surface area contributed by atoms with Gasteiger partial charge in [-0.2, -0.15) is 0 Å². The van der Waals surface area contributed by atoms with Gasteiger partial charge in [-0.05, 0) is 6.42 Å². The minimum Gasteiger partial charge on any atom is -0.480 e. The van der Waals surface area contributed by atoms with Gasteiger partial charge in [0.2, 0.25) is 5.91 Å². The van der Waals surface area contributed by atoms with Gasteiger partial charge in [0.1, 0.15) is 5.54 Å². The number of hydrogen-bond acceptors (Lipinski definition) is 4. The molecule has 3 N–H and O–H groups in total. The highest BCUT2D eigenvalue weighted by atomic mass is 16.4. The Morgan fingerprint density at radius 3 is 2.56 bits per heavy atom. The second kappa shape index (κ2) is 4.80. The fraction of sp³-hybridized carbons (Fsp3) is 0.800. The van der Waals surface area contributed by atoms with Crippen LogP contribution in [0.15, 0.2) is 0 Å². The van der Waals surface area contributed by atoms with Crippen molar-refractivity contribution < 1.29 is 14.7 Å². The molecule has 1 atom stereocenters. The monoisotopic (exact) mass is 229 g/mol. The van der Waals surface area contributed by atoms with Crippen LogP contribution in [0.3, 0.4) is 0 Å². The summed E-state index contributed by atoms with van der Waals surface area (Å²) >= 11 is 0. The van der Waals surface area contributed by atoms with Crippen LogP contribution in [0.25, 0.3) is 0 Å². The Morgan fingerprint density at radius 2 is 2.12 bits per heavy atom. The molecule has 0 bridgehead atoms. The van der Waals surface area contributed by atoms with Crippen LogP contribution < -0.4 is 5.73 Å². The van der Waals surface area contributed by atoms with Crippen molar-refractivity contribution in [2.75, 3.05) is 33.7 Å². The van der Waals surface area contributed by atoms with Crippen LogP contribution in [0.2, 0.25) is 0 Å². The zero-order valence-corrected chi connectivity index (χ0v) is 9.77. The molecular formula is C10H19N3O3. The molecule has 16 heavy (non-hydrogen) atoms. The van der Waals surface area contributed by atoms with Crippen molar-refractivity contribution in [2.24, 2.45) is 5.73 Å². The molecule has 92 valence electrons. The molecule has 0 aromatic rings. The van der Waals surface area contributed by atoms with Gasteiger partial charge in [0.25, 0.3) is 0 Å². The molecule has 1 fully saturated rings. The van der Waals surface area contributed by atoms with Gasteiger partial charge < -0.3 is 20.6 Å². The second-order valence-electron chi connectivity index (χ2n) is 4.53. The molecule has 0 spiro atoms. The van der Waals surface area contributed by atoms with E-state index in [9.17, 15) is 9.59 Å². The van der Waals surface area contributed by atoms with E-state index in [2.05, 4.69) is 0 Å². The molecule has 1 saturated heterocycles. The number of aliphatic carboxylic acids is 1. The maximum atomic E-state index is 11.3. The predicted octanol–water partition coefficient (Wildman–Crippen LogP) is -1.05. The van der Waals surface area contributed by atoms with Gasteiger partial charge in [-0.15, -0.1) is 0 Å². The summed E-state index contributed by atoms with van der Waals surface area (Å²) in [5.74, 6) is -0.918. The van der Waals surface area contributed by atoms with Crippen molar-refractivity contribution in [3.8, 4) is 0 Å². The van der Waals surface area contributed by atoms with Crippen molar-refractivity contribution >= 4 is 11.9 Å².